The highest BCUT2D eigenvalue weighted by Crippen LogP contribution is 2.33. The summed E-state index contributed by atoms with van der Waals surface area (Å²) in [5.74, 6) is 0.742. The third kappa shape index (κ3) is 2.20. The van der Waals surface area contributed by atoms with Crippen LogP contribution in [0, 0.1) is 6.92 Å². The number of benzene rings is 1. The van der Waals surface area contributed by atoms with Crippen molar-refractivity contribution in [2.75, 3.05) is 7.11 Å². The lowest BCUT2D eigenvalue weighted by Crippen LogP contribution is -2.16. The van der Waals surface area contributed by atoms with E-state index in [1.54, 1.807) is 33.1 Å². The summed E-state index contributed by atoms with van der Waals surface area (Å²) in [6.45, 7) is 5.31. The van der Waals surface area contributed by atoms with E-state index in [2.05, 4.69) is 0 Å². The zero-order valence-electron chi connectivity index (χ0n) is 8.89. The highest BCUT2D eigenvalue weighted by Gasteiger charge is 2.21. The predicted octanol–water partition coefficient (Wildman–Crippen LogP) is 2.88. The maximum Gasteiger partial charge on any atom is 0.122 e. The van der Waals surface area contributed by atoms with Crippen molar-refractivity contribution in [3.8, 4) is 5.75 Å². The summed E-state index contributed by atoms with van der Waals surface area (Å²) in [6, 6.07) is 3.57. The van der Waals surface area contributed by atoms with Crippen molar-refractivity contribution in [1.29, 1.82) is 0 Å². The van der Waals surface area contributed by atoms with E-state index in [1.165, 1.54) is 0 Å². The van der Waals surface area contributed by atoms with Crippen LogP contribution in [0.2, 0.25) is 5.02 Å². The van der Waals surface area contributed by atoms with Gasteiger partial charge in [-0.3, -0.25) is 0 Å². The average Bonchev–Trinajstić information content (AvgIpc) is 2.02. The van der Waals surface area contributed by atoms with Crippen molar-refractivity contribution >= 4 is 11.6 Å². The van der Waals surface area contributed by atoms with E-state index in [1.807, 2.05) is 6.92 Å². The van der Waals surface area contributed by atoms with Crippen molar-refractivity contribution < 1.29 is 9.84 Å². The first-order valence-electron chi connectivity index (χ1n) is 4.43. The molecular weight excluding hydrogens is 200 g/mol. The van der Waals surface area contributed by atoms with Gasteiger partial charge in [-0.1, -0.05) is 11.6 Å². The van der Waals surface area contributed by atoms with Crippen molar-refractivity contribution in [3.63, 3.8) is 0 Å². The molecule has 0 saturated carbocycles. The molecule has 0 amide bonds. The minimum atomic E-state index is -0.946. The Labute approximate surface area is 89.5 Å². The first-order valence-corrected chi connectivity index (χ1v) is 4.81. The lowest BCUT2D eigenvalue weighted by atomic mass is 9.97. The molecule has 0 atom stereocenters. The molecule has 2 nitrogen and oxygen atoms in total. The molecule has 0 radical (unpaired) electrons. The number of aliphatic hydroxyl groups is 1. The molecule has 14 heavy (non-hydrogen) atoms. The summed E-state index contributed by atoms with van der Waals surface area (Å²) >= 11 is 6.03. The van der Waals surface area contributed by atoms with Crippen LogP contribution in [-0.2, 0) is 5.60 Å². The highest BCUT2D eigenvalue weighted by atomic mass is 35.5. The zero-order valence-corrected chi connectivity index (χ0v) is 9.64. The minimum absolute atomic E-state index is 0.566. The van der Waals surface area contributed by atoms with Crippen LogP contribution in [0.5, 0.6) is 5.75 Å². The molecule has 0 bridgehead atoms. The molecule has 0 heterocycles. The summed E-state index contributed by atoms with van der Waals surface area (Å²) in [4.78, 5) is 0. The Morgan fingerprint density at radius 2 is 1.93 bits per heavy atom. The number of ether oxygens (including phenoxy) is 1. The SMILES string of the molecule is COc1cc(C(C)(C)O)c(Cl)cc1C. The van der Waals surface area contributed by atoms with E-state index < -0.39 is 5.60 Å². The van der Waals surface area contributed by atoms with Crippen molar-refractivity contribution in [2.45, 2.75) is 26.4 Å². The molecular formula is C11H15ClO2. The summed E-state index contributed by atoms with van der Waals surface area (Å²) in [5, 5.41) is 10.4. The van der Waals surface area contributed by atoms with Crippen LogP contribution < -0.4 is 4.74 Å². The van der Waals surface area contributed by atoms with Crippen LogP contribution in [-0.4, -0.2) is 12.2 Å². The van der Waals surface area contributed by atoms with Gasteiger partial charge in [0, 0.05) is 10.6 Å². The quantitative estimate of drug-likeness (QED) is 0.821. The molecule has 0 aliphatic heterocycles. The topological polar surface area (TPSA) is 29.5 Å². The van der Waals surface area contributed by atoms with Gasteiger partial charge < -0.3 is 9.84 Å². The predicted molar refractivity (Wildman–Crippen MR) is 58.0 cm³/mol. The van der Waals surface area contributed by atoms with Crippen LogP contribution in [0.3, 0.4) is 0 Å². The minimum Gasteiger partial charge on any atom is -0.496 e. The Bertz CT molecular complexity index is 340. The van der Waals surface area contributed by atoms with Crippen molar-refractivity contribution in [2.24, 2.45) is 0 Å². The second kappa shape index (κ2) is 3.79. The Morgan fingerprint density at radius 3 is 2.36 bits per heavy atom. The van der Waals surface area contributed by atoms with Gasteiger partial charge in [-0.2, -0.15) is 0 Å². The third-order valence-electron chi connectivity index (χ3n) is 2.14. The second-order valence-electron chi connectivity index (χ2n) is 3.86. The Balaban J connectivity index is 3.32. The fourth-order valence-corrected chi connectivity index (χ4v) is 1.79. The zero-order chi connectivity index (χ0) is 10.9. The van der Waals surface area contributed by atoms with E-state index in [9.17, 15) is 5.11 Å². The van der Waals surface area contributed by atoms with E-state index >= 15 is 0 Å². The molecule has 1 aromatic carbocycles. The van der Waals surface area contributed by atoms with Crippen LogP contribution in [0.15, 0.2) is 12.1 Å². The average molecular weight is 215 g/mol. The van der Waals surface area contributed by atoms with Gasteiger partial charge in [0.15, 0.2) is 0 Å². The van der Waals surface area contributed by atoms with Crippen LogP contribution in [0.25, 0.3) is 0 Å². The Kier molecular flexibility index (Phi) is 3.07. The van der Waals surface area contributed by atoms with E-state index in [4.69, 9.17) is 16.3 Å². The Morgan fingerprint density at radius 1 is 1.36 bits per heavy atom. The molecule has 3 heteroatoms. The number of hydrogen-bond acceptors (Lipinski definition) is 2. The van der Waals surface area contributed by atoms with E-state index in [0.29, 0.717) is 10.6 Å². The molecule has 0 aliphatic carbocycles. The standard InChI is InChI=1S/C11H15ClO2/c1-7-5-9(12)8(11(2,3)13)6-10(7)14-4/h5-6,13H,1-4H3. The molecule has 78 valence electrons. The third-order valence-corrected chi connectivity index (χ3v) is 2.46. The van der Waals surface area contributed by atoms with Gasteiger partial charge in [0.25, 0.3) is 0 Å². The molecule has 0 aromatic heterocycles. The summed E-state index contributed by atoms with van der Waals surface area (Å²) in [7, 11) is 1.60. The first kappa shape index (κ1) is 11.3. The lowest BCUT2D eigenvalue weighted by molar-refractivity contribution is 0.0784. The molecule has 0 fully saturated rings. The lowest BCUT2D eigenvalue weighted by Gasteiger charge is -2.20. The number of hydrogen-bond donors (Lipinski definition) is 1. The summed E-state index contributed by atoms with van der Waals surface area (Å²) < 4.78 is 5.17. The van der Waals surface area contributed by atoms with Gasteiger partial charge >= 0.3 is 0 Å². The van der Waals surface area contributed by atoms with Gasteiger partial charge in [-0.25, -0.2) is 0 Å². The highest BCUT2D eigenvalue weighted by molar-refractivity contribution is 6.31. The molecule has 0 aliphatic rings. The van der Waals surface area contributed by atoms with Gasteiger partial charge in [0.1, 0.15) is 5.75 Å². The molecule has 0 spiro atoms. The maximum atomic E-state index is 9.84. The van der Waals surface area contributed by atoms with Crippen molar-refractivity contribution in [1.82, 2.24) is 0 Å². The molecule has 0 saturated heterocycles. The monoisotopic (exact) mass is 214 g/mol. The molecule has 0 unspecified atom stereocenters. The van der Waals surface area contributed by atoms with Crippen LogP contribution in [0.1, 0.15) is 25.0 Å². The molecule has 1 N–H and O–H groups in total. The number of rotatable bonds is 2. The summed E-state index contributed by atoms with van der Waals surface area (Å²) in [6.07, 6.45) is 0. The Hall–Kier alpha value is -0.730. The van der Waals surface area contributed by atoms with Crippen LogP contribution in [0.4, 0.5) is 0 Å². The second-order valence-corrected chi connectivity index (χ2v) is 4.27. The van der Waals surface area contributed by atoms with E-state index in [0.717, 1.165) is 11.3 Å². The number of aryl methyl sites for hydroxylation is 1. The van der Waals surface area contributed by atoms with Gasteiger partial charge in [0.2, 0.25) is 0 Å². The first-order chi connectivity index (χ1) is 6.36. The smallest absolute Gasteiger partial charge is 0.122 e. The molecule has 1 aromatic rings. The van der Waals surface area contributed by atoms with Crippen molar-refractivity contribution in [3.05, 3.63) is 28.3 Å². The largest absolute Gasteiger partial charge is 0.496 e. The normalized spacial score (nSPS) is 11.6. The van der Waals surface area contributed by atoms with Crippen LogP contribution >= 0.6 is 11.6 Å². The number of halogens is 1. The van der Waals surface area contributed by atoms with Gasteiger partial charge in [0.05, 0.1) is 12.7 Å². The fourth-order valence-electron chi connectivity index (χ4n) is 1.34. The number of methoxy groups -OCH3 is 1. The maximum absolute atomic E-state index is 9.84. The fraction of sp³-hybridized carbons (Fsp3) is 0.455. The molecule has 1 rings (SSSR count). The van der Waals surface area contributed by atoms with Gasteiger partial charge in [-0.15, -0.1) is 0 Å². The van der Waals surface area contributed by atoms with E-state index in [-0.39, 0.29) is 0 Å². The summed E-state index contributed by atoms with van der Waals surface area (Å²) in [5.41, 5.74) is 0.699. The van der Waals surface area contributed by atoms with Gasteiger partial charge in [-0.05, 0) is 38.5 Å².